The minimum atomic E-state index is -0.0884. The van der Waals surface area contributed by atoms with Gasteiger partial charge in [0, 0.05) is 19.6 Å². The molecule has 28 heavy (non-hydrogen) atoms. The van der Waals surface area contributed by atoms with Crippen molar-refractivity contribution in [3.8, 4) is 0 Å². The first-order chi connectivity index (χ1) is 13.6. The molecule has 1 amide bonds. The number of benzene rings is 1. The molecule has 2 aromatic heterocycles. The number of aromatic nitrogens is 2. The minimum Gasteiger partial charge on any atom is -0.335 e. The fourth-order valence-corrected chi connectivity index (χ4v) is 5.20. The first-order valence-corrected chi connectivity index (χ1v) is 10.7. The average Bonchev–Trinajstić information content (AvgIpc) is 3.34. The van der Waals surface area contributed by atoms with Gasteiger partial charge in [-0.1, -0.05) is 43.2 Å². The Balaban J connectivity index is 1.67. The monoisotopic (exact) mass is 395 g/mol. The molecule has 6 heteroatoms. The molecule has 4 rings (SSSR count). The van der Waals surface area contributed by atoms with Gasteiger partial charge in [0.2, 0.25) is 0 Å². The lowest BCUT2D eigenvalue weighted by atomic mass is 10.1. The van der Waals surface area contributed by atoms with Gasteiger partial charge < -0.3 is 9.47 Å². The Morgan fingerprint density at radius 1 is 1.25 bits per heavy atom. The molecule has 0 spiro atoms. The van der Waals surface area contributed by atoms with E-state index in [1.807, 2.05) is 30.0 Å². The summed E-state index contributed by atoms with van der Waals surface area (Å²) in [6, 6.07) is 10.6. The van der Waals surface area contributed by atoms with Crippen molar-refractivity contribution in [2.24, 2.45) is 7.05 Å². The molecule has 146 valence electrons. The van der Waals surface area contributed by atoms with E-state index in [1.54, 1.807) is 7.05 Å². The van der Waals surface area contributed by atoms with Gasteiger partial charge in [0.25, 0.3) is 11.5 Å². The van der Waals surface area contributed by atoms with Gasteiger partial charge >= 0.3 is 0 Å². The van der Waals surface area contributed by atoms with Crippen LogP contribution in [0.4, 0.5) is 0 Å². The van der Waals surface area contributed by atoms with Crippen LogP contribution in [0.25, 0.3) is 10.2 Å². The van der Waals surface area contributed by atoms with Crippen molar-refractivity contribution in [2.45, 2.75) is 45.1 Å². The fraction of sp³-hybridized carbons (Fsp3) is 0.409. The summed E-state index contributed by atoms with van der Waals surface area (Å²) < 4.78 is 1.47. The zero-order valence-electron chi connectivity index (χ0n) is 16.4. The van der Waals surface area contributed by atoms with Gasteiger partial charge in [0.1, 0.15) is 4.83 Å². The largest absolute Gasteiger partial charge is 0.335 e. The minimum absolute atomic E-state index is 0.0467. The van der Waals surface area contributed by atoms with Gasteiger partial charge in [-0.2, -0.15) is 0 Å². The quantitative estimate of drug-likeness (QED) is 0.658. The van der Waals surface area contributed by atoms with Crippen molar-refractivity contribution in [1.82, 2.24) is 14.5 Å². The molecule has 5 nitrogen and oxygen atoms in total. The zero-order chi connectivity index (χ0) is 19.7. The van der Waals surface area contributed by atoms with E-state index in [1.165, 1.54) is 40.6 Å². The molecule has 0 bridgehead atoms. The smallest absolute Gasteiger partial charge is 0.264 e. The van der Waals surface area contributed by atoms with E-state index in [9.17, 15) is 9.59 Å². The summed E-state index contributed by atoms with van der Waals surface area (Å²) >= 11 is 1.35. The highest BCUT2D eigenvalue weighted by Gasteiger charge is 2.30. The van der Waals surface area contributed by atoms with Crippen LogP contribution in [0.5, 0.6) is 0 Å². The summed E-state index contributed by atoms with van der Waals surface area (Å²) in [5.41, 5.74) is 1.91. The van der Waals surface area contributed by atoms with Crippen LogP contribution < -0.4 is 5.56 Å². The topological polar surface area (TPSA) is 55.2 Å². The summed E-state index contributed by atoms with van der Waals surface area (Å²) in [7, 11) is 1.69. The second kappa shape index (κ2) is 7.87. The van der Waals surface area contributed by atoms with Crippen LogP contribution in [-0.2, 0) is 13.5 Å². The molecule has 3 aromatic rings. The lowest BCUT2D eigenvalue weighted by Gasteiger charge is -2.29. The third-order valence-electron chi connectivity index (χ3n) is 5.72. The van der Waals surface area contributed by atoms with E-state index in [0.29, 0.717) is 21.6 Å². The molecule has 0 saturated heterocycles. The van der Waals surface area contributed by atoms with Gasteiger partial charge in [0.05, 0.1) is 16.6 Å². The van der Waals surface area contributed by atoms with E-state index < -0.39 is 0 Å². The second-order valence-electron chi connectivity index (χ2n) is 7.57. The molecular formula is C22H25N3O2S. The Bertz CT molecular complexity index is 1050. The number of hydrogen-bond donors (Lipinski definition) is 0. The summed E-state index contributed by atoms with van der Waals surface area (Å²) in [5.74, 6) is 0.0467. The molecule has 0 atom stereocenters. The molecule has 0 N–H and O–H groups in total. The zero-order valence-corrected chi connectivity index (χ0v) is 17.2. The van der Waals surface area contributed by atoms with Gasteiger partial charge in [0.15, 0.2) is 0 Å². The van der Waals surface area contributed by atoms with Gasteiger partial charge in [-0.05, 0) is 37.3 Å². The summed E-state index contributed by atoms with van der Waals surface area (Å²) in [6.45, 7) is 2.58. The van der Waals surface area contributed by atoms with Crippen LogP contribution in [0.2, 0.25) is 0 Å². The van der Waals surface area contributed by atoms with Crippen molar-refractivity contribution >= 4 is 27.5 Å². The van der Waals surface area contributed by atoms with Crippen LogP contribution in [0.1, 0.15) is 46.5 Å². The molecule has 0 unspecified atom stereocenters. The van der Waals surface area contributed by atoms with Crippen molar-refractivity contribution in [1.29, 1.82) is 0 Å². The van der Waals surface area contributed by atoms with Crippen LogP contribution in [-0.4, -0.2) is 32.9 Å². The first kappa shape index (κ1) is 18.9. The fourth-order valence-electron chi connectivity index (χ4n) is 4.10. The number of amides is 1. The molecule has 1 aliphatic carbocycles. The molecule has 1 aliphatic rings. The molecule has 0 aliphatic heterocycles. The third-order valence-corrected chi connectivity index (χ3v) is 6.90. The number of aryl methyl sites for hydroxylation is 2. The number of carbonyl (C=O) groups is 1. The maximum absolute atomic E-state index is 13.5. The number of hydrogen-bond acceptors (Lipinski definition) is 4. The molecule has 1 fully saturated rings. The highest BCUT2D eigenvalue weighted by Crippen LogP contribution is 2.31. The Morgan fingerprint density at radius 2 is 1.96 bits per heavy atom. The van der Waals surface area contributed by atoms with E-state index >= 15 is 0 Å². The maximum Gasteiger partial charge on any atom is 0.264 e. The van der Waals surface area contributed by atoms with Gasteiger partial charge in [-0.15, -0.1) is 11.3 Å². The average molecular weight is 396 g/mol. The Hall–Kier alpha value is -2.47. The van der Waals surface area contributed by atoms with E-state index in [-0.39, 0.29) is 17.5 Å². The Kier molecular flexibility index (Phi) is 5.31. The van der Waals surface area contributed by atoms with Crippen molar-refractivity contribution < 1.29 is 4.79 Å². The highest BCUT2D eigenvalue weighted by molar-refractivity contribution is 7.20. The predicted octanol–water partition coefficient (Wildman–Crippen LogP) is 3.93. The van der Waals surface area contributed by atoms with Crippen LogP contribution in [0.3, 0.4) is 0 Å². The summed E-state index contributed by atoms with van der Waals surface area (Å²) in [5, 5.41) is 0.577. The van der Waals surface area contributed by atoms with E-state index in [0.717, 1.165) is 24.8 Å². The van der Waals surface area contributed by atoms with E-state index in [4.69, 9.17) is 0 Å². The number of fused-ring (bicyclic) bond motifs is 1. The number of carbonyl (C=O) groups excluding carboxylic acids is 1. The van der Waals surface area contributed by atoms with Crippen LogP contribution in [0.15, 0.2) is 41.5 Å². The van der Waals surface area contributed by atoms with Crippen molar-refractivity contribution in [3.63, 3.8) is 0 Å². The number of thiophene rings is 1. The molecular weight excluding hydrogens is 370 g/mol. The first-order valence-electron chi connectivity index (χ1n) is 9.86. The maximum atomic E-state index is 13.5. The van der Waals surface area contributed by atoms with Crippen LogP contribution in [0, 0.1) is 6.92 Å². The lowest BCUT2D eigenvalue weighted by molar-refractivity contribution is 0.0688. The molecule has 2 heterocycles. The van der Waals surface area contributed by atoms with E-state index in [2.05, 4.69) is 17.1 Å². The molecule has 1 saturated carbocycles. The van der Waals surface area contributed by atoms with Crippen LogP contribution >= 0.6 is 11.3 Å². The number of nitrogens with zero attached hydrogens (tertiary/aromatic N) is 3. The standard InChI is InChI=1S/C22H25N3O2S/c1-15-18-20(23-14-24(2)21(18)26)28-19(15)22(27)25(17-10-6-7-11-17)13-12-16-8-4-3-5-9-16/h3-5,8-9,14,17H,6-7,10-13H2,1-2H3. The Morgan fingerprint density at radius 3 is 2.68 bits per heavy atom. The molecule has 1 aromatic carbocycles. The van der Waals surface area contributed by atoms with Gasteiger partial charge in [-0.3, -0.25) is 9.59 Å². The Labute approximate surface area is 168 Å². The SMILES string of the molecule is Cc1c(C(=O)N(CCc2ccccc2)C2CCCC2)sc2ncn(C)c(=O)c12. The predicted molar refractivity (Wildman–Crippen MR) is 113 cm³/mol. The van der Waals surface area contributed by atoms with Gasteiger partial charge in [-0.25, -0.2) is 4.98 Å². The normalized spacial score (nSPS) is 14.6. The lowest BCUT2D eigenvalue weighted by Crippen LogP contribution is -2.40. The summed E-state index contributed by atoms with van der Waals surface area (Å²) in [4.78, 5) is 33.8. The number of rotatable bonds is 5. The second-order valence-corrected chi connectivity index (χ2v) is 8.57. The summed E-state index contributed by atoms with van der Waals surface area (Å²) in [6.07, 6.45) is 6.83. The molecule has 0 radical (unpaired) electrons. The van der Waals surface area contributed by atoms with Crippen molar-refractivity contribution in [3.05, 3.63) is 63.0 Å². The van der Waals surface area contributed by atoms with Crippen molar-refractivity contribution in [2.75, 3.05) is 6.54 Å². The third kappa shape index (κ3) is 3.49. The highest BCUT2D eigenvalue weighted by atomic mass is 32.1.